The Balaban J connectivity index is 3.07. The van der Waals surface area contributed by atoms with Gasteiger partial charge in [-0.15, -0.1) is 0 Å². The molecule has 0 aliphatic carbocycles. The van der Waals surface area contributed by atoms with Crippen molar-refractivity contribution in [3.8, 4) is 0 Å². The molecule has 0 radical (unpaired) electrons. The van der Waals surface area contributed by atoms with Gasteiger partial charge < -0.3 is 0 Å². The number of hydrogen-bond acceptors (Lipinski definition) is 3. The molecule has 0 aliphatic heterocycles. The summed E-state index contributed by atoms with van der Waals surface area (Å²) in [6.45, 7) is 2.10. The van der Waals surface area contributed by atoms with Gasteiger partial charge in [-0.1, -0.05) is 13.3 Å². The van der Waals surface area contributed by atoms with E-state index in [0.717, 1.165) is 12.8 Å². The van der Waals surface area contributed by atoms with Crippen molar-refractivity contribution in [2.24, 2.45) is 10.9 Å². The van der Waals surface area contributed by atoms with Crippen molar-refractivity contribution in [1.29, 1.82) is 0 Å². The van der Waals surface area contributed by atoms with Crippen molar-refractivity contribution >= 4 is 6.21 Å². The van der Waals surface area contributed by atoms with Crippen LogP contribution in [0.5, 0.6) is 0 Å². The lowest BCUT2D eigenvalue weighted by molar-refractivity contribution is 0.373. The lowest BCUT2D eigenvalue weighted by Crippen LogP contribution is -2.18. The molecule has 0 fully saturated rings. The Morgan fingerprint density at radius 1 is 1.75 bits per heavy atom. The number of hydrazine groups is 1. The van der Waals surface area contributed by atoms with Gasteiger partial charge in [0.2, 0.25) is 0 Å². The van der Waals surface area contributed by atoms with E-state index in [1.165, 1.54) is 5.12 Å². The minimum absolute atomic E-state index is 1.00. The molecule has 3 heteroatoms. The Kier molecular flexibility index (Phi) is 4.26. The van der Waals surface area contributed by atoms with E-state index in [2.05, 4.69) is 12.0 Å². The molecular weight excluding hydrogens is 102 g/mol. The first-order chi connectivity index (χ1) is 3.77. The molecule has 0 spiro atoms. The van der Waals surface area contributed by atoms with Crippen LogP contribution >= 0.6 is 0 Å². The fourth-order valence-electron chi connectivity index (χ4n) is 0.316. The molecule has 0 atom stereocenters. The van der Waals surface area contributed by atoms with Gasteiger partial charge in [-0.2, -0.15) is 5.10 Å². The van der Waals surface area contributed by atoms with E-state index in [9.17, 15) is 0 Å². The second kappa shape index (κ2) is 4.59. The Morgan fingerprint density at radius 2 is 2.38 bits per heavy atom. The first-order valence-electron chi connectivity index (χ1n) is 2.78. The molecule has 0 bridgehead atoms. The third-order valence-electron chi connectivity index (χ3n) is 0.682. The largest absolute Gasteiger partial charge is 0.236 e. The summed E-state index contributed by atoms with van der Waals surface area (Å²) in [5, 5.41) is 5.10. The molecule has 0 aliphatic rings. The first kappa shape index (κ1) is 7.43. The predicted octanol–water partition coefficient (Wildman–Crippen LogP) is 0.578. The molecule has 48 valence electrons. The number of nitrogens with zero attached hydrogens (tertiary/aromatic N) is 2. The molecule has 8 heavy (non-hydrogen) atoms. The highest BCUT2D eigenvalue weighted by molar-refractivity contribution is 5.56. The summed E-state index contributed by atoms with van der Waals surface area (Å²) in [5.74, 6) is 5.17. The van der Waals surface area contributed by atoms with Crippen LogP contribution in [0, 0.1) is 0 Å². The molecule has 0 aromatic carbocycles. The summed E-state index contributed by atoms with van der Waals surface area (Å²) >= 11 is 0. The van der Waals surface area contributed by atoms with Crippen molar-refractivity contribution in [3.05, 3.63) is 0 Å². The lowest BCUT2D eigenvalue weighted by Gasteiger charge is -2.00. The maximum absolute atomic E-state index is 5.17. The second-order valence-electron chi connectivity index (χ2n) is 1.66. The fourth-order valence-corrected chi connectivity index (χ4v) is 0.316. The van der Waals surface area contributed by atoms with E-state index in [4.69, 9.17) is 5.84 Å². The molecule has 0 saturated heterocycles. The van der Waals surface area contributed by atoms with Gasteiger partial charge in [0.05, 0.1) is 0 Å². The van der Waals surface area contributed by atoms with Crippen LogP contribution in [0.4, 0.5) is 0 Å². The van der Waals surface area contributed by atoms with Gasteiger partial charge in [0.1, 0.15) is 0 Å². The van der Waals surface area contributed by atoms with Gasteiger partial charge in [0.25, 0.3) is 0 Å². The van der Waals surface area contributed by atoms with Crippen LogP contribution in [-0.2, 0) is 0 Å². The van der Waals surface area contributed by atoms with Crippen molar-refractivity contribution in [2.75, 3.05) is 7.05 Å². The summed E-state index contributed by atoms with van der Waals surface area (Å²) in [7, 11) is 1.70. The molecule has 0 aromatic rings. The second-order valence-corrected chi connectivity index (χ2v) is 1.66. The average molecular weight is 115 g/mol. The molecule has 0 unspecified atom stereocenters. The Bertz CT molecular complexity index is 68.1. The number of hydrazone groups is 1. The molecule has 0 heterocycles. The highest BCUT2D eigenvalue weighted by Crippen LogP contribution is 1.80. The van der Waals surface area contributed by atoms with Crippen molar-refractivity contribution in [1.82, 2.24) is 5.12 Å². The monoisotopic (exact) mass is 115 g/mol. The number of nitrogens with two attached hydrogens (primary N) is 1. The van der Waals surface area contributed by atoms with Crippen LogP contribution < -0.4 is 5.84 Å². The normalized spacial score (nSPS) is 10.4. The maximum atomic E-state index is 5.17. The summed E-state index contributed by atoms with van der Waals surface area (Å²) < 4.78 is 0. The zero-order chi connectivity index (χ0) is 6.41. The van der Waals surface area contributed by atoms with E-state index in [-0.39, 0.29) is 0 Å². The Labute approximate surface area is 50.1 Å². The standard InChI is InChI=1S/C5H13N3/c1-3-4-5-7-8(2)6/h5H,3-4,6H2,1-2H3/b7-5+. The Hall–Kier alpha value is -0.570. The molecule has 0 amide bonds. The summed E-state index contributed by atoms with van der Waals surface area (Å²) in [6.07, 6.45) is 3.93. The fraction of sp³-hybridized carbons (Fsp3) is 0.800. The molecule has 0 saturated carbocycles. The molecular formula is C5H13N3. The third-order valence-corrected chi connectivity index (χ3v) is 0.682. The van der Waals surface area contributed by atoms with Gasteiger partial charge in [0.15, 0.2) is 0 Å². The van der Waals surface area contributed by atoms with Gasteiger partial charge >= 0.3 is 0 Å². The van der Waals surface area contributed by atoms with E-state index in [0.29, 0.717) is 0 Å². The zero-order valence-electron chi connectivity index (χ0n) is 5.46. The smallest absolute Gasteiger partial charge is 0.0419 e. The van der Waals surface area contributed by atoms with Crippen LogP contribution in [0.15, 0.2) is 5.10 Å². The van der Waals surface area contributed by atoms with Crippen molar-refractivity contribution in [3.63, 3.8) is 0 Å². The minimum Gasteiger partial charge on any atom is -0.236 e. The van der Waals surface area contributed by atoms with Crippen LogP contribution in [0.25, 0.3) is 0 Å². The maximum Gasteiger partial charge on any atom is 0.0419 e. The summed E-state index contributed by atoms with van der Waals surface area (Å²) in [5.41, 5.74) is 0. The predicted molar refractivity (Wildman–Crippen MR) is 35.4 cm³/mol. The highest BCUT2D eigenvalue weighted by atomic mass is 15.6. The van der Waals surface area contributed by atoms with Crippen molar-refractivity contribution < 1.29 is 0 Å². The quantitative estimate of drug-likeness (QED) is 0.332. The van der Waals surface area contributed by atoms with E-state index < -0.39 is 0 Å². The van der Waals surface area contributed by atoms with Crippen LogP contribution in [0.2, 0.25) is 0 Å². The van der Waals surface area contributed by atoms with Crippen LogP contribution in [0.1, 0.15) is 19.8 Å². The number of rotatable bonds is 3. The van der Waals surface area contributed by atoms with Crippen molar-refractivity contribution in [2.45, 2.75) is 19.8 Å². The summed E-state index contributed by atoms with van der Waals surface area (Å²) in [6, 6.07) is 0. The lowest BCUT2D eigenvalue weighted by atomic mass is 10.4. The van der Waals surface area contributed by atoms with E-state index in [1.807, 2.05) is 0 Å². The van der Waals surface area contributed by atoms with Crippen LogP contribution in [0.3, 0.4) is 0 Å². The molecule has 0 aromatic heterocycles. The highest BCUT2D eigenvalue weighted by Gasteiger charge is 1.74. The van der Waals surface area contributed by atoms with Gasteiger partial charge in [0, 0.05) is 13.3 Å². The van der Waals surface area contributed by atoms with Crippen LogP contribution in [-0.4, -0.2) is 18.4 Å². The number of hydrogen-bond donors (Lipinski definition) is 1. The topological polar surface area (TPSA) is 41.6 Å². The zero-order valence-corrected chi connectivity index (χ0v) is 5.46. The Morgan fingerprint density at radius 3 is 2.75 bits per heavy atom. The van der Waals surface area contributed by atoms with E-state index in [1.54, 1.807) is 13.3 Å². The SMILES string of the molecule is CCC/C=N/N(C)N. The van der Waals surface area contributed by atoms with Gasteiger partial charge in [-0.25, -0.2) is 11.0 Å². The third kappa shape index (κ3) is 5.43. The summed E-state index contributed by atoms with van der Waals surface area (Å²) in [4.78, 5) is 0. The van der Waals surface area contributed by atoms with Gasteiger partial charge in [-0.05, 0) is 6.42 Å². The molecule has 2 N–H and O–H groups in total. The number of unbranched alkanes of at least 4 members (excludes halogenated alkanes) is 1. The first-order valence-corrected chi connectivity index (χ1v) is 2.78. The molecule has 0 rings (SSSR count). The molecule has 3 nitrogen and oxygen atoms in total. The minimum atomic E-state index is 1.00. The average Bonchev–Trinajstić information content (AvgIpc) is 1.66. The van der Waals surface area contributed by atoms with E-state index >= 15 is 0 Å². The van der Waals surface area contributed by atoms with Gasteiger partial charge in [-0.3, -0.25) is 0 Å².